The Morgan fingerprint density at radius 1 is 1.40 bits per heavy atom. The fourth-order valence-electron chi connectivity index (χ4n) is 1.38. The summed E-state index contributed by atoms with van der Waals surface area (Å²) < 4.78 is 17.7. The molecule has 0 aliphatic carbocycles. The van der Waals surface area contributed by atoms with Gasteiger partial charge in [-0.15, -0.1) is 0 Å². The Hall–Kier alpha value is -1.68. The lowest BCUT2D eigenvalue weighted by Gasteiger charge is -2.03. The highest BCUT2D eigenvalue weighted by atomic mass is 19.1. The minimum atomic E-state index is -0.854. The summed E-state index contributed by atoms with van der Waals surface area (Å²) >= 11 is 0. The maximum absolute atomic E-state index is 12.8. The number of fused-ring (bicyclic) bond motifs is 1. The van der Waals surface area contributed by atoms with E-state index < -0.39 is 17.5 Å². The first-order valence-corrected chi connectivity index (χ1v) is 4.49. The van der Waals surface area contributed by atoms with Gasteiger partial charge < -0.3 is 9.52 Å². The van der Waals surface area contributed by atoms with Crippen LogP contribution >= 0.6 is 0 Å². The van der Waals surface area contributed by atoms with Crippen LogP contribution in [-0.2, 0) is 0 Å². The van der Waals surface area contributed by atoms with Gasteiger partial charge in [0, 0.05) is 0 Å². The third-order valence-corrected chi connectivity index (χ3v) is 2.16. The van der Waals surface area contributed by atoms with Crippen LogP contribution in [0.2, 0.25) is 0 Å². The molecule has 1 N–H and O–H groups in total. The minimum absolute atomic E-state index is 0.180. The molecule has 3 nitrogen and oxygen atoms in total. The molecule has 0 bridgehead atoms. The van der Waals surface area contributed by atoms with Crippen molar-refractivity contribution >= 4 is 10.8 Å². The van der Waals surface area contributed by atoms with Crippen LogP contribution in [0.3, 0.4) is 0 Å². The minimum Gasteiger partial charge on any atom is -0.425 e. The van der Waals surface area contributed by atoms with Crippen molar-refractivity contribution in [3.63, 3.8) is 0 Å². The molecule has 1 heterocycles. The van der Waals surface area contributed by atoms with Crippen LogP contribution in [0.15, 0.2) is 33.5 Å². The number of halogens is 1. The first-order valence-electron chi connectivity index (χ1n) is 4.49. The highest BCUT2D eigenvalue weighted by Crippen LogP contribution is 2.17. The van der Waals surface area contributed by atoms with Gasteiger partial charge >= 0.3 is 5.63 Å². The molecule has 15 heavy (non-hydrogen) atoms. The van der Waals surface area contributed by atoms with E-state index in [2.05, 4.69) is 0 Å². The second kappa shape index (κ2) is 3.47. The maximum atomic E-state index is 12.8. The Labute approximate surface area is 84.8 Å². The quantitative estimate of drug-likeness (QED) is 0.779. The molecular weight excluding hydrogens is 199 g/mol. The topological polar surface area (TPSA) is 50.4 Å². The normalized spacial score (nSPS) is 13.0. The lowest BCUT2D eigenvalue weighted by Crippen LogP contribution is -2.04. The highest BCUT2D eigenvalue weighted by molar-refractivity contribution is 5.81. The van der Waals surface area contributed by atoms with E-state index in [9.17, 15) is 14.3 Å². The molecule has 0 radical (unpaired) electrons. The molecule has 1 aromatic carbocycles. The molecule has 1 aromatic heterocycles. The van der Waals surface area contributed by atoms with E-state index in [0.29, 0.717) is 5.39 Å². The standard InChI is InChI=1S/C11H9FO3/c1-6(13)10-4-7-2-3-8(12)5-9(7)11(14)15-10/h2-6,13H,1H3. The van der Waals surface area contributed by atoms with Crippen molar-refractivity contribution in [2.75, 3.05) is 0 Å². The predicted octanol–water partition coefficient (Wildman–Crippen LogP) is 1.99. The average molecular weight is 208 g/mol. The van der Waals surface area contributed by atoms with E-state index in [1.165, 1.54) is 25.1 Å². The lowest BCUT2D eigenvalue weighted by atomic mass is 10.1. The summed E-state index contributed by atoms with van der Waals surface area (Å²) in [5.74, 6) is -0.307. The lowest BCUT2D eigenvalue weighted by molar-refractivity contribution is 0.165. The molecule has 2 aromatic rings. The van der Waals surface area contributed by atoms with Crippen molar-refractivity contribution in [2.24, 2.45) is 0 Å². The predicted molar refractivity (Wildman–Crippen MR) is 53.1 cm³/mol. The zero-order chi connectivity index (χ0) is 11.0. The molecule has 0 fully saturated rings. The fourth-order valence-corrected chi connectivity index (χ4v) is 1.38. The Morgan fingerprint density at radius 3 is 2.80 bits per heavy atom. The molecule has 0 saturated heterocycles. The number of hydrogen-bond acceptors (Lipinski definition) is 3. The summed E-state index contributed by atoms with van der Waals surface area (Å²) in [4.78, 5) is 11.4. The van der Waals surface area contributed by atoms with Gasteiger partial charge in [0.2, 0.25) is 0 Å². The van der Waals surface area contributed by atoms with Gasteiger partial charge in [0.25, 0.3) is 0 Å². The van der Waals surface area contributed by atoms with Crippen LogP contribution in [-0.4, -0.2) is 5.11 Å². The van der Waals surface area contributed by atoms with Gasteiger partial charge in [-0.05, 0) is 30.5 Å². The van der Waals surface area contributed by atoms with Crippen molar-refractivity contribution in [3.05, 3.63) is 46.3 Å². The second-order valence-electron chi connectivity index (χ2n) is 3.34. The van der Waals surface area contributed by atoms with E-state index in [1.807, 2.05) is 0 Å². The van der Waals surface area contributed by atoms with Crippen molar-refractivity contribution in [3.8, 4) is 0 Å². The van der Waals surface area contributed by atoms with Crippen LogP contribution in [0, 0.1) is 5.82 Å². The molecule has 0 saturated carbocycles. The highest BCUT2D eigenvalue weighted by Gasteiger charge is 2.08. The Balaban J connectivity index is 2.79. The van der Waals surface area contributed by atoms with Gasteiger partial charge in [0.05, 0.1) is 5.39 Å². The van der Waals surface area contributed by atoms with E-state index >= 15 is 0 Å². The molecule has 4 heteroatoms. The molecule has 0 spiro atoms. The third kappa shape index (κ3) is 1.76. The Morgan fingerprint density at radius 2 is 2.13 bits per heavy atom. The average Bonchev–Trinajstić information content (AvgIpc) is 2.18. The molecule has 78 valence electrons. The van der Waals surface area contributed by atoms with Crippen molar-refractivity contribution in [2.45, 2.75) is 13.0 Å². The van der Waals surface area contributed by atoms with E-state index in [0.717, 1.165) is 6.07 Å². The number of aliphatic hydroxyl groups excluding tert-OH is 1. The number of rotatable bonds is 1. The first kappa shape index (κ1) is 9.86. The van der Waals surface area contributed by atoms with E-state index in [1.54, 1.807) is 0 Å². The van der Waals surface area contributed by atoms with Crippen molar-refractivity contribution < 1.29 is 13.9 Å². The molecule has 1 atom stereocenters. The van der Waals surface area contributed by atoms with E-state index in [-0.39, 0.29) is 11.1 Å². The Bertz CT molecular complexity index is 557. The molecular formula is C11H9FO3. The van der Waals surface area contributed by atoms with Crippen molar-refractivity contribution in [1.29, 1.82) is 0 Å². The van der Waals surface area contributed by atoms with E-state index in [4.69, 9.17) is 4.42 Å². The smallest absolute Gasteiger partial charge is 0.344 e. The number of hydrogen-bond donors (Lipinski definition) is 1. The van der Waals surface area contributed by atoms with Gasteiger partial charge in [-0.2, -0.15) is 0 Å². The summed E-state index contributed by atoms with van der Waals surface area (Å²) in [7, 11) is 0. The van der Waals surface area contributed by atoms with Crippen LogP contribution in [0.4, 0.5) is 4.39 Å². The van der Waals surface area contributed by atoms with Gasteiger partial charge in [0.15, 0.2) is 0 Å². The zero-order valence-corrected chi connectivity index (χ0v) is 8.03. The molecule has 0 aliphatic heterocycles. The second-order valence-corrected chi connectivity index (χ2v) is 3.34. The molecule has 0 aliphatic rings. The third-order valence-electron chi connectivity index (χ3n) is 2.16. The maximum Gasteiger partial charge on any atom is 0.344 e. The van der Waals surface area contributed by atoms with Crippen LogP contribution in [0.1, 0.15) is 18.8 Å². The van der Waals surface area contributed by atoms with Gasteiger partial charge in [-0.25, -0.2) is 9.18 Å². The summed E-state index contributed by atoms with van der Waals surface area (Å²) in [5.41, 5.74) is -0.636. The first-order chi connectivity index (χ1) is 7.08. The number of benzene rings is 1. The van der Waals surface area contributed by atoms with Crippen LogP contribution in [0.25, 0.3) is 10.8 Å². The molecule has 2 rings (SSSR count). The molecule has 0 amide bonds. The summed E-state index contributed by atoms with van der Waals surface area (Å²) in [6.45, 7) is 1.49. The summed E-state index contributed by atoms with van der Waals surface area (Å²) in [5, 5.41) is 9.99. The monoisotopic (exact) mass is 208 g/mol. The SMILES string of the molecule is CC(O)c1cc2ccc(F)cc2c(=O)o1. The zero-order valence-electron chi connectivity index (χ0n) is 8.03. The number of aliphatic hydroxyl groups is 1. The molecule has 1 unspecified atom stereocenters. The largest absolute Gasteiger partial charge is 0.425 e. The Kier molecular flexibility index (Phi) is 2.28. The summed E-state index contributed by atoms with van der Waals surface area (Å²) in [6.07, 6.45) is -0.854. The van der Waals surface area contributed by atoms with Crippen molar-refractivity contribution in [1.82, 2.24) is 0 Å². The van der Waals surface area contributed by atoms with Gasteiger partial charge in [-0.3, -0.25) is 0 Å². The summed E-state index contributed by atoms with van der Waals surface area (Å²) in [6, 6.07) is 5.38. The van der Waals surface area contributed by atoms with Gasteiger partial charge in [-0.1, -0.05) is 6.07 Å². The van der Waals surface area contributed by atoms with Crippen LogP contribution in [0.5, 0.6) is 0 Å². The fraction of sp³-hybridized carbons (Fsp3) is 0.182. The van der Waals surface area contributed by atoms with Crippen LogP contribution < -0.4 is 5.63 Å². The van der Waals surface area contributed by atoms with Gasteiger partial charge in [0.1, 0.15) is 17.7 Å².